The van der Waals surface area contributed by atoms with Crippen LogP contribution in [0.4, 0.5) is 0 Å². The van der Waals surface area contributed by atoms with Crippen LogP contribution in [0.5, 0.6) is 0 Å². The molecule has 1 aliphatic heterocycles. The number of pyridine rings is 1. The minimum absolute atomic E-state index is 0.0838. The highest BCUT2D eigenvalue weighted by molar-refractivity contribution is 5.79. The second-order valence-corrected chi connectivity index (χ2v) is 10.1. The Morgan fingerprint density at radius 1 is 1.17 bits per heavy atom. The molecule has 188 valence electrons. The van der Waals surface area contributed by atoms with E-state index in [0.29, 0.717) is 24.5 Å². The number of ether oxygens (including phenoxy) is 1. The quantitative estimate of drug-likeness (QED) is 0.394. The third-order valence-corrected chi connectivity index (χ3v) is 7.52. The van der Waals surface area contributed by atoms with E-state index in [-0.39, 0.29) is 17.7 Å². The van der Waals surface area contributed by atoms with E-state index in [1.165, 1.54) is 0 Å². The minimum atomic E-state index is -0.454. The number of hydrogen-bond acceptors (Lipinski definition) is 7. The number of hydrogen-bond donors (Lipinski definition) is 1. The zero-order valence-corrected chi connectivity index (χ0v) is 20.6. The summed E-state index contributed by atoms with van der Waals surface area (Å²) in [5.74, 6) is 1.52. The number of rotatable bonds is 8. The largest absolute Gasteiger partial charge is 0.468 e. The summed E-state index contributed by atoms with van der Waals surface area (Å²) in [5.41, 5.74) is 2.43. The molecule has 0 amide bonds. The smallest absolute Gasteiger partial charge is 0.253 e. The van der Waals surface area contributed by atoms with Crippen LogP contribution < -0.4 is 5.56 Å². The maximum absolute atomic E-state index is 13.6. The fraction of sp³-hybridized carbons (Fsp3) is 0.481. The molecule has 1 saturated carbocycles. The Labute approximate surface area is 209 Å². The number of furan rings is 1. The number of tetrazole rings is 1. The average molecular weight is 489 g/mol. The highest BCUT2D eigenvalue weighted by Crippen LogP contribution is 2.35. The topological polar surface area (TPSA) is 102 Å². The molecule has 2 fully saturated rings. The second-order valence-electron chi connectivity index (χ2n) is 10.1. The van der Waals surface area contributed by atoms with Gasteiger partial charge in [-0.05, 0) is 78.2 Å². The van der Waals surface area contributed by atoms with Gasteiger partial charge in [-0.1, -0.05) is 25.0 Å². The fourth-order valence-corrected chi connectivity index (χ4v) is 5.74. The van der Waals surface area contributed by atoms with Crippen molar-refractivity contribution in [3.05, 3.63) is 75.7 Å². The number of aromatic amines is 1. The van der Waals surface area contributed by atoms with Gasteiger partial charge in [-0.2, -0.15) is 0 Å². The van der Waals surface area contributed by atoms with Crippen molar-refractivity contribution in [1.82, 2.24) is 30.1 Å². The summed E-state index contributed by atoms with van der Waals surface area (Å²) < 4.78 is 13.7. The molecule has 3 aromatic heterocycles. The van der Waals surface area contributed by atoms with Crippen molar-refractivity contribution in [2.75, 3.05) is 13.2 Å². The number of aromatic nitrogens is 5. The number of H-pyrrole nitrogens is 1. The summed E-state index contributed by atoms with van der Waals surface area (Å²) in [6.45, 7) is 3.95. The average Bonchev–Trinajstić information content (AvgIpc) is 3.68. The number of fused-ring (bicyclic) bond motifs is 1. The summed E-state index contributed by atoms with van der Waals surface area (Å²) in [4.78, 5) is 19.0. The molecular formula is C27H32N6O3. The van der Waals surface area contributed by atoms with Gasteiger partial charge in [-0.25, -0.2) is 4.68 Å². The maximum Gasteiger partial charge on any atom is 0.253 e. The Bertz CT molecular complexity index is 1370. The fourth-order valence-electron chi connectivity index (χ4n) is 5.74. The van der Waals surface area contributed by atoms with Crippen molar-refractivity contribution in [2.45, 2.75) is 70.2 Å². The van der Waals surface area contributed by atoms with Crippen LogP contribution in [0.25, 0.3) is 10.9 Å². The van der Waals surface area contributed by atoms with E-state index < -0.39 is 6.04 Å². The van der Waals surface area contributed by atoms with E-state index >= 15 is 0 Å². The van der Waals surface area contributed by atoms with E-state index in [9.17, 15) is 4.79 Å². The van der Waals surface area contributed by atoms with Gasteiger partial charge in [0.15, 0.2) is 5.82 Å². The molecule has 0 bridgehead atoms. The first-order valence-corrected chi connectivity index (χ1v) is 12.9. The lowest BCUT2D eigenvalue weighted by molar-refractivity contribution is 0.0541. The number of aryl methyl sites for hydroxylation is 1. The molecule has 1 saturated heterocycles. The molecule has 2 aliphatic rings. The van der Waals surface area contributed by atoms with Crippen LogP contribution in [0, 0.1) is 6.92 Å². The lowest BCUT2D eigenvalue weighted by Crippen LogP contribution is -2.39. The predicted octanol–water partition coefficient (Wildman–Crippen LogP) is 4.30. The van der Waals surface area contributed by atoms with E-state index in [4.69, 9.17) is 9.15 Å². The predicted molar refractivity (Wildman–Crippen MR) is 135 cm³/mol. The lowest BCUT2D eigenvalue weighted by Gasteiger charge is -2.32. The summed E-state index contributed by atoms with van der Waals surface area (Å²) in [6, 6.07) is 11.8. The van der Waals surface area contributed by atoms with Crippen molar-refractivity contribution < 1.29 is 9.15 Å². The summed E-state index contributed by atoms with van der Waals surface area (Å²) in [5, 5.41) is 14.0. The Morgan fingerprint density at radius 2 is 2.06 bits per heavy atom. The number of benzene rings is 1. The van der Waals surface area contributed by atoms with E-state index in [2.05, 4.69) is 37.5 Å². The molecule has 9 heteroatoms. The van der Waals surface area contributed by atoms with Crippen molar-refractivity contribution >= 4 is 10.9 Å². The number of nitrogens with zero attached hydrogens (tertiary/aromatic N) is 5. The van der Waals surface area contributed by atoms with Crippen LogP contribution in [0.1, 0.15) is 73.3 Å². The monoisotopic (exact) mass is 488 g/mol. The first-order valence-electron chi connectivity index (χ1n) is 12.9. The third-order valence-electron chi connectivity index (χ3n) is 7.52. The molecule has 4 heterocycles. The minimum Gasteiger partial charge on any atom is -0.468 e. The Balaban J connectivity index is 1.50. The molecule has 0 radical (unpaired) electrons. The van der Waals surface area contributed by atoms with Gasteiger partial charge in [-0.3, -0.25) is 9.69 Å². The van der Waals surface area contributed by atoms with Gasteiger partial charge >= 0.3 is 0 Å². The molecule has 1 aromatic carbocycles. The second kappa shape index (κ2) is 9.99. The first-order chi connectivity index (χ1) is 17.7. The SMILES string of the molecule is Cc1ccc2cc([C@@H](c3nnnn3C3CCCC3)N(Cc3ccco3)C[C@@H]3CCCO3)c(=O)[nH]c2c1. The van der Waals surface area contributed by atoms with Crippen LogP contribution in [-0.2, 0) is 11.3 Å². The van der Waals surface area contributed by atoms with Crippen LogP contribution in [0.15, 0.2) is 51.9 Å². The summed E-state index contributed by atoms with van der Waals surface area (Å²) >= 11 is 0. The Kier molecular flexibility index (Phi) is 6.41. The molecule has 1 aliphatic carbocycles. The van der Waals surface area contributed by atoms with Gasteiger partial charge < -0.3 is 14.1 Å². The van der Waals surface area contributed by atoms with E-state index in [1.807, 2.05) is 35.9 Å². The molecule has 0 spiro atoms. The third kappa shape index (κ3) is 4.60. The molecule has 1 N–H and O–H groups in total. The van der Waals surface area contributed by atoms with Crippen molar-refractivity contribution in [1.29, 1.82) is 0 Å². The molecule has 9 nitrogen and oxygen atoms in total. The molecule has 36 heavy (non-hydrogen) atoms. The van der Waals surface area contributed by atoms with Crippen LogP contribution >= 0.6 is 0 Å². The maximum atomic E-state index is 13.6. The van der Waals surface area contributed by atoms with Gasteiger partial charge in [0.05, 0.1) is 25.0 Å². The zero-order valence-electron chi connectivity index (χ0n) is 20.6. The van der Waals surface area contributed by atoms with Crippen LogP contribution in [0.3, 0.4) is 0 Å². The summed E-state index contributed by atoms with van der Waals surface area (Å²) in [6.07, 6.45) is 8.21. The van der Waals surface area contributed by atoms with E-state index in [1.54, 1.807) is 6.26 Å². The van der Waals surface area contributed by atoms with Gasteiger partial charge in [0.2, 0.25) is 0 Å². The summed E-state index contributed by atoms with van der Waals surface area (Å²) in [7, 11) is 0. The van der Waals surface area contributed by atoms with Gasteiger partial charge in [-0.15, -0.1) is 5.10 Å². The van der Waals surface area contributed by atoms with Crippen LogP contribution in [-0.4, -0.2) is 49.3 Å². The lowest BCUT2D eigenvalue weighted by atomic mass is 10.0. The van der Waals surface area contributed by atoms with Gasteiger partial charge in [0.25, 0.3) is 5.56 Å². The van der Waals surface area contributed by atoms with Crippen molar-refractivity contribution in [3.8, 4) is 0 Å². The normalized spacial score (nSPS) is 19.6. The first kappa shape index (κ1) is 23.1. The molecule has 4 aromatic rings. The van der Waals surface area contributed by atoms with Crippen molar-refractivity contribution in [3.63, 3.8) is 0 Å². The van der Waals surface area contributed by atoms with Gasteiger partial charge in [0, 0.05) is 24.2 Å². The molecule has 6 rings (SSSR count). The number of nitrogens with one attached hydrogen (secondary N) is 1. The van der Waals surface area contributed by atoms with E-state index in [0.717, 1.165) is 67.4 Å². The highest BCUT2D eigenvalue weighted by Gasteiger charge is 2.35. The molecule has 0 unspecified atom stereocenters. The molecule has 2 atom stereocenters. The Hall–Kier alpha value is -3.30. The highest BCUT2D eigenvalue weighted by atomic mass is 16.5. The standard InChI is InChI=1S/C27H32N6O3/c1-18-10-11-19-15-23(27(34)28-24(19)14-18)25(26-29-30-31-33(26)20-6-2-3-7-20)32(16-21-8-4-12-35-21)17-22-9-5-13-36-22/h4,8,10-12,14-15,20,22,25H,2-3,5-7,9,13,16-17H2,1H3,(H,28,34)/t22-,25-/m0/s1. The molecular weight excluding hydrogens is 456 g/mol. The zero-order chi connectivity index (χ0) is 24.5. The Morgan fingerprint density at radius 3 is 2.83 bits per heavy atom. The van der Waals surface area contributed by atoms with Crippen molar-refractivity contribution in [2.24, 2.45) is 0 Å². The van der Waals surface area contributed by atoms with Gasteiger partial charge in [0.1, 0.15) is 11.8 Å². The van der Waals surface area contributed by atoms with Crippen LogP contribution in [0.2, 0.25) is 0 Å².